The van der Waals surface area contributed by atoms with Crippen molar-refractivity contribution in [2.45, 2.75) is 6.61 Å². The van der Waals surface area contributed by atoms with Crippen molar-refractivity contribution in [3.05, 3.63) is 88.8 Å². The molecule has 0 bridgehead atoms. The summed E-state index contributed by atoms with van der Waals surface area (Å²) in [5.41, 5.74) is 3.05. The molecule has 0 radical (unpaired) electrons. The number of fused-ring (bicyclic) bond motifs is 1. The molecule has 2 aromatic heterocycles. The molecule has 6 heteroatoms. The molecule has 0 aliphatic heterocycles. The number of pyridine rings is 1. The van der Waals surface area contributed by atoms with E-state index in [1.165, 1.54) is 7.11 Å². The second kappa shape index (κ2) is 8.24. The molecule has 0 aliphatic carbocycles. The van der Waals surface area contributed by atoms with Gasteiger partial charge in [-0.3, -0.25) is 0 Å². The van der Waals surface area contributed by atoms with Gasteiger partial charge in [-0.2, -0.15) is 0 Å². The molecule has 0 aliphatic rings. The predicted octanol–water partition coefficient (Wildman–Crippen LogP) is 5.11. The van der Waals surface area contributed by atoms with Crippen LogP contribution >= 0.6 is 11.3 Å². The summed E-state index contributed by atoms with van der Waals surface area (Å²) in [4.78, 5) is 30.2. The van der Waals surface area contributed by atoms with Crippen LogP contribution in [-0.2, 0) is 16.1 Å². The van der Waals surface area contributed by atoms with Gasteiger partial charge in [0.15, 0.2) is 0 Å². The molecule has 144 valence electrons. The Balaban J connectivity index is 1.62. The van der Waals surface area contributed by atoms with Crippen molar-refractivity contribution in [2.75, 3.05) is 7.11 Å². The summed E-state index contributed by atoms with van der Waals surface area (Å²) in [6, 6.07) is 20.0. The van der Waals surface area contributed by atoms with Gasteiger partial charge in [-0.05, 0) is 41.3 Å². The lowest BCUT2D eigenvalue weighted by atomic mass is 10.1. The fourth-order valence-corrected chi connectivity index (χ4v) is 3.71. The summed E-state index contributed by atoms with van der Waals surface area (Å²) in [5, 5.41) is 2.71. The van der Waals surface area contributed by atoms with E-state index in [0.29, 0.717) is 16.7 Å². The molecule has 0 fully saturated rings. The molecule has 0 saturated carbocycles. The molecule has 0 spiro atoms. The summed E-state index contributed by atoms with van der Waals surface area (Å²) < 4.78 is 10.3. The van der Waals surface area contributed by atoms with Gasteiger partial charge in [0.2, 0.25) is 0 Å². The maximum absolute atomic E-state index is 12.9. The highest BCUT2D eigenvalue weighted by Crippen LogP contribution is 2.28. The Hall–Kier alpha value is -3.51. The molecule has 0 saturated heterocycles. The van der Waals surface area contributed by atoms with Crippen molar-refractivity contribution >= 4 is 34.2 Å². The highest BCUT2D eigenvalue weighted by molar-refractivity contribution is 7.13. The van der Waals surface area contributed by atoms with E-state index in [1.807, 2.05) is 41.8 Å². The number of esters is 2. The van der Waals surface area contributed by atoms with Crippen LogP contribution in [0.15, 0.2) is 72.1 Å². The lowest BCUT2D eigenvalue weighted by molar-refractivity contribution is 0.0475. The van der Waals surface area contributed by atoms with E-state index in [9.17, 15) is 9.59 Å². The first-order valence-electron chi connectivity index (χ1n) is 8.94. The van der Waals surface area contributed by atoms with Crippen LogP contribution in [0.2, 0.25) is 0 Å². The number of methoxy groups -OCH3 is 1. The van der Waals surface area contributed by atoms with Crippen molar-refractivity contribution in [1.29, 1.82) is 0 Å². The first-order valence-corrected chi connectivity index (χ1v) is 9.82. The standard InChI is InChI=1S/C23H17NO4S/c1-27-22(25)16-7-4-6-15(12-16)14-28-23(26)18-13-20(21-10-5-11-29-21)24-19-9-3-2-8-17(18)19/h2-13H,14H2,1H3. The number of carbonyl (C=O) groups excluding carboxylic acids is 2. The first-order chi connectivity index (χ1) is 14.2. The van der Waals surface area contributed by atoms with E-state index in [4.69, 9.17) is 9.47 Å². The Kier molecular flexibility index (Phi) is 5.35. The number of ether oxygens (including phenoxy) is 2. The lowest BCUT2D eigenvalue weighted by Gasteiger charge is -2.10. The van der Waals surface area contributed by atoms with Crippen molar-refractivity contribution in [3.8, 4) is 10.6 Å². The quantitative estimate of drug-likeness (QED) is 0.434. The smallest absolute Gasteiger partial charge is 0.339 e. The van der Waals surface area contributed by atoms with Gasteiger partial charge in [0.05, 0.1) is 34.3 Å². The Labute approximate surface area is 171 Å². The normalized spacial score (nSPS) is 10.7. The summed E-state index contributed by atoms with van der Waals surface area (Å²) in [6.07, 6.45) is 0. The van der Waals surface area contributed by atoms with E-state index in [1.54, 1.807) is 41.7 Å². The molecular weight excluding hydrogens is 386 g/mol. The van der Waals surface area contributed by atoms with Crippen molar-refractivity contribution < 1.29 is 19.1 Å². The maximum atomic E-state index is 12.9. The summed E-state index contributed by atoms with van der Waals surface area (Å²) in [5.74, 6) is -0.872. The van der Waals surface area contributed by atoms with Gasteiger partial charge in [0.1, 0.15) is 6.61 Å². The Bertz CT molecular complexity index is 1180. The second-order valence-corrected chi connectivity index (χ2v) is 7.27. The van der Waals surface area contributed by atoms with Gasteiger partial charge in [-0.25, -0.2) is 14.6 Å². The number of para-hydroxylation sites is 1. The summed E-state index contributed by atoms with van der Waals surface area (Å²) >= 11 is 1.56. The third-order valence-corrected chi connectivity index (χ3v) is 5.32. The van der Waals surface area contributed by atoms with E-state index in [-0.39, 0.29) is 6.61 Å². The van der Waals surface area contributed by atoms with Gasteiger partial charge >= 0.3 is 11.9 Å². The third kappa shape index (κ3) is 4.02. The topological polar surface area (TPSA) is 65.5 Å². The van der Waals surface area contributed by atoms with E-state index >= 15 is 0 Å². The molecule has 4 rings (SSSR count). The Morgan fingerprint density at radius 2 is 1.83 bits per heavy atom. The van der Waals surface area contributed by atoms with Crippen molar-refractivity contribution in [2.24, 2.45) is 0 Å². The van der Waals surface area contributed by atoms with Crippen molar-refractivity contribution in [1.82, 2.24) is 4.98 Å². The van der Waals surface area contributed by atoms with Gasteiger partial charge in [-0.15, -0.1) is 11.3 Å². The number of aromatic nitrogens is 1. The number of nitrogens with zero attached hydrogens (tertiary/aromatic N) is 1. The number of rotatable bonds is 5. The number of hydrogen-bond donors (Lipinski definition) is 0. The second-order valence-electron chi connectivity index (χ2n) is 6.32. The monoisotopic (exact) mass is 403 g/mol. The van der Waals surface area contributed by atoms with Gasteiger partial charge in [0.25, 0.3) is 0 Å². The number of carbonyl (C=O) groups is 2. The van der Waals surface area contributed by atoms with E-state index in [0.717, 1.165) is 21.5 Å². The SMILES string of the molecule is COC(=O)c1cccc(COC(=O)c2cc(-c3cccs3)nc3ccccc23)c1. The maximum Gasteiger partial charge on any atom is 0.339 e. The average molecular weight is 403 g/mol. The molecule has 0 N–H and O–H groups in total. The highest BCUT2D eigenvalue weighted by Gasteiger charge is 2.16. The van der Waals surface area contributed by atoms with Crippen LogP contribution in [0.3, 0.4) is 0 Å². The van der Waals surface area contributed by atoms with Gasteiger partial charge in [0, 0.05) is 5.39 Å². The van der Waals surface area contributed by atoms with Crippen LogP contribution in [0, 0.1) is 0 Å². The minimum atomic E-state index is -0.440. The molecule has 4 aromatic rings. The zero-order valence-corrected chi connectivity index (χ0v) is 16.4. The Morgan fingerprint density at radius 3 is 2.62 bits per heavy atom. The summed E-state index contributed by atoms with van der Waals surface area (Å²) in [6.45, 7) is 0.0503. The number of hydrogen-bond acceptors (Lipinski definition) is 6. The number of thiophene rings is 1. The fraction of sp³-hybridized carbons (Fsp3) is 0.0870. The zero-order valence-electron chi connectivity index (χ0n) is 15.6. The third-order valence-electron chi connectivity index (χ3n) is 4.43. The molecule has 2 aromatic carbocycles. The lowest BCUT2D eigenvalue weighted by Crippen LogP contribution is -2.08. The first kappa shape index (κ1) is 18.8. The molecule has 29 heavy (non-hydrogen) atoms. The fourth-order valence-electron chi connectivity index (χ4n) is 3.03. The van der Waals surface area contributed by atoms with Crippen LogP contribution in [0.4, 0.5) is 0 Å². The van der Waals surface area contributed by atoms with E-state index < -0.39 is 11.9 Å². The summed E-state index contributed by atoms with van der Waals surface area (Å²) in [7, 11) is 1.33. The zero-order chi connectivity index (χ0) is 20.2. The average Bonchev–Trinajstić information content (AvgIpc) is 3.31. The molecule has 0 unspecified atom stereocenters. The van der Waals surface area contributed by atoms with Crippen molar-refractivity contribution in [3.63, 3.8) is 0 Å². The van der Waals surface area contributed by atoms with Crippen LogP contribution in [0.25, 0.3) is 21.5 Å². The van der Waals surface area contributed by atoms with Crippen LogP contribution in [0.5, 0.6) is 0 Å². The Morgan fingerprint density at radius 1 is 0.966 bits per heavy atom. The minimum absolute atomic E-state index is 0.0503. The molecule has 2 heterocycles. The van der Waals surface area contributed by atoms with Gasteiger partial charge in [-0.1, -0.05) is 36.4 Å². The number of benzene rings is 2. The van der Waals surface area contributed by atoms with Crippen LogP contribution in [0.1, 0.15) is 26.3 Å². The predicted molar refractivity (Wildman–Crippen MR) is 112 cm³/mol. The van der Waals surface area contributed by atoms with Gasteiger partial charge < -0.3 is 9.47 Å². The molecular formula is C23H17NO4S. The molecule has 0 atom stereocenters. The molecule has 5 nitrogen and oxygen atoms in total. The largest absolute Gasteiger partial charge is 0.465 e. The highest BCUT2D eigenvalue weighted by atomic mass is 32.1. The van der Waals surface area contributed by atoms with E-state index in [2.05, 4.69) is 4.98 Å². The van der Waals surface area contributed by atoms with Crippen LogP contribution < -0.4 is 0 Å². The molecule has 0 amide bonds. The van der Waals surface area contributed by atoms with Crippen LogP contribution in [-0.4, -0.2) is 24.0 Å². The minimum Gasteiger partial charge on any atom is -0.465 e.